The molecule has 0 aromatic carbocycles. The molecule has 1 amide bonds. The van der Waals surface area contributed by atoms with Crippen LogP contribution in [0.3, 0.4) is 0 Å². The molecular weight excluding hydrogens is 200 g/mol. The van der Waals surface area contributed by atoms with Gasteiger partial charge in [0.05, 0.1) is 0 Å². The Bertz CT molecular complexity index is 220. The summed E-state index contributed by atoms with van der Waals surface area (Å²) in [6.07, 6.45) is 8.34. The van der Waals surface area contributed by atoms with Crippen molar-refractivity contribution in [3.8, 4) is 0 Å². The molecule has 0 spiro atoms. The second kappa shape index (κ2) is 6.24. The van der Waals surface area contributed by atoms with Gasteiger partial charge in [-0.25, -0.2) is 0 Å². The summed E-state index contributed by atoms with van der Waals surface area (Å²) in [6, 6.07) is 0. The number of rotatable bonds is 6. The predicted molar refractivity (Wildman–Crippen MR) is 65.2 cm³/mol. The van der Waals surface area contributed by atoms with Crippen LogP contribution < -0.4 is 10.6 Å². The maximum Gasteiger partial charge on any atom is 0.220 e. The average Bonchev–Trinajstić information content (AvgIpc) is 2.68. The fourth-order valence-electron chi connectivity index (χ4n) is 2.58. The van der Waals surface area contributed by atoms with E-state index in [0.29, 0.717) is 0 Å². The van der Waals surface area contributed by atoms with Crippen LogP contribution >= 0.6 is 0 Å². The Morgan fingerprint density at radius 2 is 2.06 bits per heavy atom. The van der Waals surface area contributed by atoms with Gasteiger partial charge >= 0.3 is 0 Å². The highest BCUT2D eigenvalue weighted by Gasteiger charge is 2.18. The highest BCUT2D eigenvalue weighted by atomic mass is 16.1. The molecule has 16 heavy (non-hydrogen) atoms. The molecule has 0 radical (unpaired) electrons. The molecule has 1 saturated carbocycles. The Morgan fingerprint density at radius 1 is 1.19 bits per heavy atom. The summed E-state index contributed by atoms with van der Waals surface area (Å²) in [7, 11) is 0. The summed E-state index contributed by atoms with van der Waals surface area (Å²) < 4.78 is 0. The lowest BCUT2D eigenvalue weighted by molar-refractivity contribution is -0.121. The van der Waals surface area contributed by atoms with Gasteiger partial charge in [0, 0.05) is 13.0 Å². The van der Waals surface area contributed by atoms with E-state index in [1.807, 2.05) is 0 Å². The smallest absolute Gasteiger partial charge is 0.220 e. The summed E-state index contributed by atoms with van der Waals surface area (Å²) in [6.45, 7) is 3.16. The molecule has 3 heteroatoms. The van der Waals surface area contributed by atoms with Crippen molar-refractivity contribution in [1.29, 1.82) is 0 Å². The first kappa shape index (κ1) is 11.9. The number of hydrogen-bond donors (Lipinski definition) is 2. The lowest BCUT2D eigenvalue weighted by Crippen LogP contribution is -2.27. The maximum absolute atomic E-state index is 11.5. The van der Waals surface area contributed by atoms with E-state index in [1.54, 1.807) is 0 Å². The fraction of sp³-hybridized carbons (Fsp3) is 0.923. The molecular formula is C13H24N2O. The van der Waals surface area contributed by atoms with E-state index in [9.17, 15) is 4.79 Å². The molecule has 1 aliphatic heterocycles. The summed E-state index contributed by atoms with van der Waals surface area (Å²) in [5.74, 6) is 1.90. The van der Waals surface area contributed by atoms with E-state index in [4.69, 9.17) is 0 Å². The van der Waals surface area contributed by atoms with Crippen LogP contribution in [0, 0.1) is 11.8 Å². The largest absolute Gasteiger partial charge is 0.356 e. The highest BCUT2D eigenvalue weighted by Crippen LogP contribution is 2.30. The van der Waals surface area contributed by atoms with E-state index >= 15 is 0 Å². The van der Waals surface area contributed by atoms with Crippen molar-refractivity contribution in [1.82, 2.24) is 10.6 Å². The molecule has 1 unspecified atom stereocenters. The molecule has 0 bridgehead atoms. The van der Waals surface area contributed by atoms with Crippen molar-refractivity contribution >= 4 is 5.91 Å². The van der Waals surface area contributed by atoms with Gasteiger partial charge in [-0.3, -0.25) is 4.79 Å². The third-order valence-corrected chi connectivity index (χ3v) is 4.04. The topological polar surface area (TPSA) is 41.1 Å². The lowest BCUT2D eigenvalue weighted by Gasteiger charge is -2.24. The van der Waals surface area contributed by atoms with Gasteiger partial charge in [-0.05, 0) is 44.2 Å². The number of amides is 1. The lowest BCUT2D eigenvalue weighted by atomic mass is 9.82. The Morgan fingerprint density at radius 3 is 2.69 bits per heavy atom. The molecule has 2 aliphatic rings. The first-order chi connectivity index (χ1) is 7.84. The minimum Gasteiger partial charge on any atom is -0.356 e. The van der Waals surface area contributed by atoms with E-state index in [2.05, 4.69) is 10.6 Å². The van der Waals surface area contributed by atoms with E-state index in [-0.39, 0.29) is 5.91 Å². The third-order valence-electron chi connectivity index (χ3n) is 4.04. The van der Waals surface area contributed by atoms with Crippen molar-refractivity contribution in [2.45, 2.75) is 44.9 Å². The van der Waals surface area contributed by atoms with Crippen LogP contribution in [0.4, 0.5) is 0 Å². The molecule has 1 atom stereocenters. The van der Waals surface area contributed by atoms with E-state index in [0.717, 1.165) is 50.7 Å². The molecule has 0 aromatic rings. The van der Waals surface area contributed by atoms with E-state index in [1.165, 1.54) is 25.7 Å². The van der Waals surface area contributed by atoms with Crippen molar-refractivity contribution in [2.24, 2.45) is 11.8 Å². The standard InChI is InChI=1S/C13H24N2O/c16-13(5-4-11-2-1-3-11)15-9-7-12-6-8-14-10-12/h11-12,14H,1-10H2,(H,15,16). The molecule has 2 fully saturated rings. The number of nitrogens with one attached hydrogen (secondary N) is 2. The zero-order valence-electron chi connectivity index (χ0n) is 10.1. The zero-order valence-corrected chi connectivity index (χ0v) is 10.1. The third kappa shape index (κ3) is 3.78. The normalized spacial score (nSPS) is 25.4. The molecule has 1 aliphatic carbocycles. The fourth-order valence-corrected chi connectivity index (χ4v) is 2.58. The van der Waals surface area contributed by atoms with Crippen LogP contribution in [0.2, 0.25) is 0 Å². The maximum atomic E-state index is 11.5. The predicted octanol–water partition coefficient (Wildman–Crippen LogP) is 1.68. The molecule has 2 N–H and O–H groups in total. The molecule has 2 rings (SSSR count). The van der Waals surface area contributed by atoms with Crippen LogP contribution in [0.25, 0.3) is 0 Å². The van der Waals surface area contributed by atoms with Crippen LogP contribution in [0.1, 0.15) is 44.9 Å². The van der Waals surface area contributed by atoms with Crippen molar-refractivity contribution < 1.29 is 4.79 Å². The Labute approximate surface area is 98.4 Å². The van der Waals surface area contributed by atoms with Crippen molar-refractivity contribution in [3.63, 3.8) is 0 Å². The summed E-state index contributed by atoms with van der Waals surface area (Å²) in [5, 5.41) is 6.40. The summed E-state index contributed by atoms with van der Waals surface area (Å²) in [4.78, 5) is 11.5. The van der Waals surface area contributed by atoms with Gasteiger partial charge < -0.3 is 10.6 Å². The van der Waals surface area contributed by atoms with Gasteiger partial charge in [0.2, 0.25) is 5.91 Å². The molecule has 1 heterocycles. The van der Waals surface area contributed by atoms with Gasteiger partial charge in [0.25, 0.3) is 0 Å². The van der Waals surface area contributed by atoms with Gasteiger partial charge in [0.15, 0.2) is 0 Å². The SMILES string of the molecule is O=C(CCC1CCC1)NCCC1CCNC1. The quantitative estimate of drug-likeness (QED) is 0.721. The first-order valence-electron chi connectivity index (χ1n) is 6.82. The highest BCUT2D eigenvalue weighted by molar-refractivity contribution is 5.75. The summed E-state index contributed by atoms with van der Waals surface area (Å²) >= 11 is 0. The van der Waals surface area contributed by atoms with Crippen molar-refractivity contribution in [3.05, 3.63) is 0 Å². The zero-order chi connectivity index (χ0) is 11.2. The average molecular weight is 224 g/mol. The first-order valence-corrected chi connectivity index (χ1v) is 6.82. The van der Waals surface area contributed by atoms with Crippen LogP contribution in [0.15, 0.2) is 0 Å². The van der Waals surface area contributed by atoms with Crippen LogP contribution in [-0.4, -0.2) is 25.5 Å². The van der Waals surface area contributed by atoms with Gasteiger partial charge in [-0.15, -0.1) is 0 Å². The minimum absolute atomic E-state index is 0.262. The van der Waals surface area contributed by atoms with E-state index < -0.39 is 0 Å². The summed E-state index contributed by atoms with van der Waals surface area (Å²) in [5.41, 5.74) is 0. The number of hydrogen-bond acceptors (Lipinski definition) is 2. The number of carbonyl (C=O) groups is 1. The minimum atomic E-state index is 0.262. The molecule has 1 saturated heterocycles. The van der Waals surface area contributed by atoms with Crippen molar-refractivity contribution in [2.75, 3.05) is 19.6 Å². The monoisotopic (exact) mass is 224 g/mol. The van der Waals surface area contributed by atoms with Crippen LogP contribution in [0.5, 0.6) is 0 Å². The van der Waals surface area contributed by atoms with Gasteiger partial charge in [-0.1, -0.05) is 19.3 Å². The van der Waals surface area contributed by atoms with Crippen LogP contribution in [-0.2, 0) is 4.79 Å². The molecule has 0 aromatic heterocycles. The second-order valence-electron chi connectivity index (χ2n) is 5.33. The Kier molecular flexibility index (Phi) is 4.64. The van der Waals surface area contributed by atoms with Gasteiger partial charge in [-0.2, -0.15) is 0 Å². The molecule has 3 nitrogen and oxygen atoms in total. The van der Waals surface area contributed by atoms with Gasteiger partial charge in [0.1, 0.15) is 0 Å². The molecule has 92 valence electrons. The Balaban J connectivity index is 1.46. The number of carbonyl (C=O) groups excluding carboxylic acids is 1. The Hall–Kier alpha value is -0.570. The second-order valence-corrected chi connectivity index (χ2v) is 5.33.